The van der Waals surface area contributed by atoms with E-state index in [1.54, 1.807) is 27.5 Å². The van der Waals surface area contributed by atoms with E-state index in [0.29, 0.717) is 42.6 Å². The zero-order valence-corrected chi connectivity index (χ0v) is 16.2. The van der Waals surface area contributed by atoms with Crippen LogP contribution in [0.5, 0.6) is 0 Å². The SMILES string of the molecule is Cc1ccc(NC(=O)N2CCN(C(=O)c3csc(-c4ccco4)n3)CC2)cc1. The molecule has 2 aromatic heterocycles. The fourth-order valence-corrected chi connectivity index (χ4v) is 3.76. The molecule has 0 aliphatic carbocycles. The molecule has 1 saturated heterocycles. The highest BCUT2D eigenvalue weighted by molar-refractivity contribution is 7.13. The van der Waals surface area contributed by atoms with Gasteiger partial charge in [0.1, 0.15) is 5.69 Å². The van der Waals surface area contributed by atoms with Crippen molar-refractivity contribution in [2.24, 2.45) is 0 Å². The van der Waals surface area contributed by atoms with Crippen molar-refractivity contribution in [1.82, 2.24) is 14.8 Å². The molecule has 3 aromatic rings. The van der Waals surface area contributed by atoms with Crippen molar-refractivity contribution in [3.05, 3.63) is 59.3 Å². The Labute approximate surface area is 166 Å². The molecule has 1 aliphatic heterocycles. The second kappa shape index (κ2) is 7.85. The Morgan fingerprint density at radius 2 is 1.79 bits per heavy atom. The largest absolute Gasteiger partial charge is 0.462 e. The molecule has 0 atom stereocenters. The van der Waals surface area contributed by atoms with Crippen LogP contribution in [-0.4, -0.2) is 52.9 Å². The van der Waals surface area contributed by atoms with E-state index >= 15 is 0 Å². The van der Waals surface area contributed by atoms with E-state index < -0.39 is 0 Å². The molecule has 7 nitrogen and oxygen atoms in total. The van der Waals surface area contributed by atoms with Gasteiger partial charge in [0.25, 0.3) is 5.91 Å². The van der Waals surface area contributed by atoms with E-state index in [-0.39, 0.29) is 11.9 Å². The second-order valence-electron chi connectivity index (χ2n) is 6.59. The maximum Gasteiger partial charge on any atom is 0.321 e. The summed E-state index contributed by atoms with van der Waals surface area (Å²) in [5.41, 5.74) is 2.32. The monoisotopic (exact) mass is 396 g/mol. The first-order chi connectivity index (χ1) is 13.6. The quantitative estimate of drug-likeness (QED) is 0.732. The van der Waals surface area contributed by atoms with Crippen LogP contribution in [-0.2, 0) is 0 Å². The van der Waals surface area contributed by atoms with Crippen molar-refractivity contribution in [1.29, 1.82) is 0 Å². The number of benzene rings is 1. The lowest BCUT2D eigenvalue weighted by atomic mass is 10.2. The maximum absolute atomic E-state index is 12.7. The van der Waals surface area contributed by atoms with Crippen molar-refractivity contribution in [3.8, 4) is 10.8 Å². The van der Waals surface area contributed by atoms with E-state index in [2.05, 4.69) is 10.3 Å². The number of carbonyl (C=O) groups is 2. The number of hydrogen-bond acceptors (Lipinski definition) is 5. The van der Waals surface area contributed by atoms with Gasteiger partial charge in [-0.05, 0) is 31.2 Å². The number of anilines is 1. The first kappa shape index (κ1) is 18.2. The minimum atomic E-state index is -0.148. The standard InChI is InChI=1S/C20H20N4O3S/c1-14-4-6-15(7-5-14)21-20(26)24-10-8-23(9-11-24)19(25)16-13-28-18(22-16)17-3-2-12-27-17/h2-7,12-13H,8-11H2,1H3,(H,21,26). The Morgan fingerprint density at radius 1 is 1.07 bits per heavy atom. The van der Waals surface area contributed by atoms with E-state index in [4.69, 9.17) is 4.42 Å². The normalized spacial score (nSPS) is 14.2. The third kappa shape index (κ3) is 3.91. The number of thiazole rings is 1. The van der Waals surface area contributed by atoms with E-state index in [1.165, 1.54) is 11.3 Å². The van der Waals surface area contributed by atoms with Gasteiger partial charge in [-0.2, -0.15) is 0 Å². The minimum absolute atomic E-state index is 0.118. The van der Waals surface area contributed by atoms with Gasteiger partial charge < -0.3 is 19.5 Å². The molecule has 0 saturated carbocycles. The number of aromatic nitrogens is 1. The molecule has 1 aromatic carbocycles. The molecule has 8 heteroatoms. The van der Waals surface area contributed by atoms with Crippen LogP contribution in [0, 0.1) is 6.92 Å². The summed E-state index contributed by atoms with van der Waals surface area (Å²) in [7, 11) is 0. The van der Waals surface area contributed by atoms with Crippen molar-refractivity contribution in [2.45, 2.75) is 6.92 Å². The minimum Gasteiger partial charge on any atom is -0.462 e. The highest BCUT2D eigenvalue weighted by Gasteiger charge is 2.26. The van der Waals surface area contributed by atoms with Gasteiger partial charge in [-0.1, -0.05) is 17.7 Å². The Morgan fingerprint density at radius 3 is 2.46 bits per heavy atom. The van der Waals surface area contributed by atoms with Crippen LogP contribution in [0.1, 0.15) is 16.1 Å². The van der Waals surface area contributed by atoms with Gasteiger partial charge in [-0.25, -0.2) is 9.78 Å². The number of hydrogen-bond donors (Lipinski definition) is 1. The van der Waals surface area contributed by atoms with Gasteiger partial charge in [0.15, 0.2) is 10.8 Å². The molecule has 3 heterocycles. The first-order valence-electron chi connectivity index (χ1n) is 9.01. The van der Waals surface area contributed by atoms with E-state index in [1.807, 2.05) is 37.3 Å². The smallest absolute Gasteiger partial charge is 0.321 e. The number of urea groups is 1. The van der Waals surface area contributed by atoms with Crippen molar-refractivity contribution >= 4 is 29.0 Å². The highest BCUT2D eigenvalue weighted by Crippen LogP contribution is 2.24. The Bertz CT molecular complexity index is 958. The van der Waals surface area contributed by atoms with Crippen LogP contribution in [0.4, 0.5) is 10.5 Å². The number of aryl methyl sites for hydroxylation is 1. The molecular formula is C20H20N4O3S. The third-order valence-electron chi connectivity index (χ3n) is 4.61. The molecule has 0 unspecified atom stereocenters. The molecule has 0 radical (unpaired) electrons. The number of furan rings is 1. The van der Waals surface area contributed by atoms with Crippen molar-refractivity contribution in [3.63, 3.8) is 0 Å². The number of nitrogens with one attached hydrogen (secondary N) is 1. The summed E-state index contributed by atoms with van der Waals surface area (Å²) in [6.45, 7) is 3.93. The molecule has 28 heavy (non-hydrogen) atoms. The zero-order valence-electron chi connectivity index (χ0n) is 15.4. The molecule has 1 N–H and O–H groups in total. The zero-order chi connectivity index (χ0) is 19.5. The van der Waals surface area contributed by atoms with Gasteiger partial charge in [0.2, 0.25) is 0 Å². The Hall–Kier alpha value is -3.13. The molecular weight excluding hydrogens is 376 g/mol. The van der Waals surface area contributed by atoms with Crippen LogP contribution < -0.4 is 5.32 Å². The molecule has 4 rings (SSSR count). The van der Waals surface area contributed by atoms with Gasteiger partial charge in [0.05, 0.1) is 6.26 Å². The molecule has 3 amide bonds. The lowest BCUT2D eigenvalue weighted by Crippen LogP contribution is -2.51. The number of nitrogens with zero attached hydrogens (tertiary/aromatic N) is 3. The lowest BCUT2D eigenvalue weighted by Gasteiger charge is -2.34. The summed E-state index contributed by atoms with van der Waals surface area (Å²) in [5, 5.41) is 5.33. The average molecular weight is 396 g/mol. The summed E-state index contributed by atoms with van der Waals surface area (Å²) in [4.78, 5) is 33.0. The maximum atomic E-state index is 12.7. The van der Waals surface area contributed by atoms with Crippen LogP contribution >= 0.6 is 11.3 Å². The van der Waals surface area contributed by atoms with Gasteiger partial charge in [0, 0.05) is 37.2 Å². The van der Waals surface area contributed by atoms with Gasteiger partial charge in [-0.15, -0.1) is 11.3 Å². The van der Waals surface area contributed by atoms with Gasteiger partial charge in [-0.3, -0.25) is 4.79 Å². The number of carbonyl (C=O) groups excluding carboxylic acids is 2. The van der Waals surface area contributed by atoms with Crippen LogP contribution in [0.3, 0.4) is 0 Å². The first-order valence-corrected chi connectivity index (χ1v) is 9.89. The van der Waals surface area contributed by atoms with Crippen LogP contribution in [0.15, 0.2) is 52.5 Å². The summed E-state index contributed by atoms with van der Waals surface area (Å²) in [5.74, 6) is 0.536. The molecule has 0 spiro atoms. The predicted octanol–water partition coefficient (Wildman–Crippen LogP) is 3.70. The highest BCUT2D eigenvalue weighted by atomic mass is 32.1. The van der Waals surface area contributed by atoms with E-state index in [0.717, 1.165) is 11.3 Å². The lowest BCUT2D eigenvalue weighted by molar-refractivity contribution is 0.0667. The Kier molecular flexibility index (Phi) is 5.12. The molecule has 1 fully saturated rings. The summed E-state index contributed by atoms with van der Waals surface area (Å²) < 4.78 is 5.33. The van der Waals surface area contributed by atoms with Gasteiger partial charge >= 0.3 is 6.03 Å². The fraction of sp³-hybridized carbons (Fsp3) is 0.250. The van der Waals surface area contributed by atoms with Crippen LogP contribution in [0.2, 0.25) is 0 Å². The topological polar surface area (TPSA) is 78.7 Å². The molecule has 1 aliphatic rings. The van der Waals surface area contributed by atoms with E-state index in [9.17, 15) is 9.59 Å². The van der Waals surface area contributed by atoms with Crippen molar-refractivity contribution in [2.75, 3.05) is 31.5 Å². The fourth-order valence-electron chi connectivity index (χ4n) is 3.00. The third-order valence-corrected chi connectivity index (χ3v) is 5.47. The number of amides is 3. The summed E-state index contributed by atoms with van der Waals surface area (Å²) >= 11 is 1.38. The Balaban J connectivity index is 1.33. The average Bonchev–Trinajstić information content (AvgIpc) is 3.41. The molecule has 0 bridgehead atoms. The number of rotatable bonds is 3. The summed E-state index contributed by atoms with van der Waals surface area (Å²) in [6, 6.07) is 11.1. The number of piperazine rings is 1. The van der Waals surface area contributed by atoms with Crippen molar-refractivity contribution < 1.29 is 14.0 Å². The van der Waals surface area contributed by atoms with Crippen LogP contribution in [0.25, 0.3) is 10.8 Å². The second-order valence-corrected chi connectivity index (χ2v) is 7.45. The molecule has 144 valence electrons. The summed E-state index contributed by atoms with van der Waals surface area (Å²) in [6.07, 6.45) is 1.58. The predicted molar refractivity (Wildman–Crippen MR) is 107 cm³/mol.